The molecule has 0 saturated heterocycles. The van der Waals surface area contributed by atoms with Crippen LogP contribution in [-0.4, -0.2) is 27.0 Å². The molecular weight excluding hydrogens is 365 g/mol. The summed E-state index contributed by atoms with van der Waals surface area (Å²) in [5, 5.41) is 12.2. The minimum Gasteiger partial charge on any atom is -0.306 e. The topological polar surface area (TPSA) is 55.1 Å². The molecule has 0 fully saturated rings. The van der Waals surface area contributed by atoms with Gasteiger partial charge in [-0.1, -0.05) is 41.9 Å². The van der Waals surface area contributed by atoms with Gasteiger partial charge in [0.15, 0.2) is 11.6 Å². The average Bonchev–Trinajstić information content (AvgIpc) is 2.99. The van der Waals surface area contributed by atoms with Crippen LogP contribution in [0.3, 0.4) is 0 Å². The third kappa shape index (κ3) is 3.18. The van der Waals surface area contributed by atoms with E-state index in [0.717, 1.165) is 0 Å². The maximum atomic E-state index is 15.0. The molecule has 5 nitrogen and oxygen atoms in total. The van der Waals surface area contributed by atoms with Gasteiger partial charge in [0.2, 0.25) is 0 Å². The summed E-state index contributed by atoms with van der Waals surface area (Å²) in [7, 11) is 0. The van der Waals surface area contributed by atoms with E-state index in [1.54, 1.807) is 18.2 Å². The molecule has 7 heteroatoms. The van der Waals surface area contributed by atoms with E-state index < -0.39 is 0 Å². The maximum Gasteiger partial charge on any atom is 0.159 e. The average molecular weight is 382 g/mol. The second-order valence-corrected chi connectivity index (χ2v) is 6.47. The SMILES string of the molecule is C=CCNCc1nnc2n1-c1cccc(F)c1C(c1ccccc1Cl)=NC2. The molecule has 27 heavy (non-hydrogen) atoms. The van der Waals surface area contributed by atoms with E-state index in [0.29, 0.717) is 52.3 Å². The van der Waals surface area contributed by atoms with Gasteiger partial charge >= 0.3 is 0 Å². The Labute approximate surface area is 161 Å². The Morgan fingerprint density at radius 1 is 1.19 bits per heavy atom. The predicted molar refractivity (Wildman–Crippen MR) is 104 cm³/mol. The molecule has 136 valence electrons. The highest BCUT2D eigenvalue weighted by atomic mass is 35.5. The molecule has 2 aromatic carbocycles. The van der Waals surface area contributed by atoms with Crippen LogP contribution in [0.5, 0.6) is 0 Å². The summed E-state index contributed by atoms with van der Waals surface area (Å²) in [5.41, 5.74) is 2.26. The fraction of sp³-hybridized carbons (Fsp3) is 0.150. The van der Waals surface area contributed by atoms with Gasteiger partial charge in [-0.3, -0.25) is 9.56 Å². The highest BCUT2D eigenvalue weighted by Gasteiger charge is 2.26. The molecule has 0 spiro atoms. The van der Waals surface area contributed by atoms with E-state index >= 15 is 0 Å². The number of hydrogen-bond acceptors (Lipinski definition) is 4. The first-order valence-corrected chi connectivity index (χ1v) is 8.92. The van der Waals surface area contributed by atoms with Crippen molar-refractivity contribution < 1.29 is 4.39 Å². The lowest BCUT2D eigenvalue weighted by molar-refractivity contribution is 0.623. The summed E-state index contributed by atoms with van der Waals surface area (Å²) < 4.78 is 16.8. The first-order chi connectivity index (χ1) is 13.2. The molecule has 1 aliphatic heterocycles. The van der Waals surface area contributed by atoms with Gasteiger partial charge < -0.3 is 5.32 Å². The molecule has 0 radical (unpaired) electrons. The molecule has 2 heterocycles. The molecule has 1 aromatic heterocycles. The van der Waals surface area contributed by atoms with Crippen molar-refractivity contribution in [2.45, 2.75) is 13.1 Å². The van der Waals surface area contributed by atoms with E-state index in [1.165, 1.54) is 6.07 Å². The molecule has 0 amide bonds. The molecule has 0 aliphatic carbocycles. The molecule has 0 saturated carbocycles. The van der Waals surface area contributed by atoms with Crippen LogP contribution in [0, 0.1) is 5.82 Å². The van der Waals surface area contributed by atoms with Gasteiger partial charge in [-0.25, -0.2) is 4.39 Å². The molecule has 0 unspecified atom stereocenters. The summed E-state index contributed by atoms with van der Waals surface area (Å²) in [5.74, 6) is 0.978. The standard InChI is InChI=1S/C20H17ClFN5/c1-2-10-23-11-17-25-26-18-12-24-20(13-6-3-4-7-14(13)21)19-15(22)8-5-9-16(19)27(17)18/h2-9,23H,1,10-12H2. The Balaban J connectivity index is 1.89. The van der Waals surface area contributed by atoms with E-state index in [4.69, 9.17) is 11.6 Å². The van der Waals surface area contributed by atoms with Crippen molar-refractivity contribution >= 4 is 17.3 Å². The number of rotatable bonds is 5. The van der Waals surface area contributed by atoms with Crippen molar-refractivity contribution in [2.24, 2.45) is 4.99 Å². The van der Waals surface area contributed by atoms with Crippen molar-refractivity contribution in [1.29, 1.82) is 0 Å². The molecule has 0 bridgehead atoms. The number of nitrogens with zero attached hydrogens (tertiary/aromatic N) is 4. The largest absolute Gasteiger partial charge is 0.306 e. The second-order valence-electron chi connectivity index (χ2n) is 6.07. The molecule has 0 atom stereocenters. The van der Waals surface area contributed by atoms with Gasteiger partial charge in [0.1, 0.15) is 12.4 Å². The molecule has 1 aliphatic rings. The van der Waals surface area contributed by atoms with E-state index in [9.17, 15) is 4.39 Å². The molecule has 1 N–H and O–H groups in total. The first-order valence-electron chi connectivity index (χ1n) is 8.54. The number of benzene rings is 2. The summed E-state index contributed by atoms with van der Waals surface area (Å²) in [4.78, 5) is 4.64. The molecule has 4 rings (SSSR count). The van der Waals surface area contributed by atoms with Crippen molar-refractivity contribution in [2.75, 3.05) is 6.54 Å². The first kappa shape index (κ1) is 17.6. The zero-order valence-electron chi connectivity index (χ0n) is 14.5. The molecule has 3 aromatic rings. The zero-order chi connectivity index (χ0) is 18.8. The van der Waals surface area contributed by atoms with E-state index in [-0.39, 0.29) is 12.4 Å². The highest BCUT2D eigenvalue weighted by molar-refractivity contribution is 6.35. The monoisotopic (exact) mass is 381 g/mol. The fourth-order valence-electron chi connectivity index (χ4n) is 3.17. The van der Waals surface area contributed by atoms with Crippen molar-refractivity contribution in [3.05, 3.63) is 88.7 Å². The van der Waals surface area contributed by atoms with Crippen LogP contribution in [0.1, 0.15) is 22.8 Å². The van der Waals surface area contributed by atoms with Gasteiger partial charge in [0, 0.05) is 17.1 Å². The number of aliphatic imine (C=N–C) groups is 1. The quantitative estimate of drug-likeness (QED) is 0.541. The number of fused-ring (bicyclic) bond motifs is 3. The van der Waals surface area contributed by atoms with Crippen molar-refractivity contribution in [3.63, 3.8) is 0 Å². The predicted octanol–water partition coefficient (Wildman–Crippen LogP) is 3.69. The van der Waals surface area contributed by atoms with E-state index in [2.05, 4.69) is 27.1 Å². The van der Waals surface area contributed by atoms with E-state index in [1.807, 2.05) is 28.8 Å². The van der Waals surface area contributed by atoms with Crippen LogP contribution < -0.4 is 5.32 Å². The second kappa shape index (κ2) is 7.42. The summed E-state index contributed by atoms with van der Waals surface area (Å²) in [6.45, 7) is 5.10. The van der Waals surface area contributed by atoms with Crippen LogP contribution in [0.15, 0.2) is 60.1 Å². The Kier molecular flexibility index (Phi) is 4.83. The van der Waals surface area contributed by atoms with Crippen LogP contribution in [-0.2, 0) is 13.1 Å². The highest BCUT2D eigenvalue weighted by Crippen LogP contribution is 2.30. The van der Waals surface area contributed by atoms with Gasteiger partial charge in [-0.2, -0.15) is 0 Å². The Bertz CT molecular complexity index is 1040. The maximum absolute atomic E-state index is 15.0. The van der Waals surface area contributed by atoms with Gasteiger partial charge in [0.25, 0.3) is 0 Å². The fourth-order valence-corrected chi connectivity index (χ4v) is 3.40. The summed E-state index contributed by atoms with van der Waals surface area (Å²) >= 11 is 6.37. The van der Waals surface area contributed by atoms with Gasteiger partial charge in [-0.15, -0.1) is 16.8 Å². The lowest BCUT2D eigenvalue weighted by Gasteiger charge is -2.15. The smallest absolute Gasteiger partial charge is 0.159 e. The lowest BCUT2D eigenvalue weighted by atomic mass is 9.99. The third-order valence-electron chi connectivity index (χ3n) is 4.35. The summed E-state index contributed by atoms with van der Waals surface area (Å²) in [6.07, 6.45) is 1.77. The van der Waals surface area contributed by atoms with Crippen molar-refractivity contribution in [3.8, 4) is 5.69 Å². The number of nitrogens with one attached hydrogen (secondary N) is 1. The van der Waals surface area contributed by atoms with Crippen molar-refractivity contribution in [1.82, 2.24) is 20.1 Å². The van der Waals surface area contributed by atoms with Gasteiger partial charge in [0.05, 0.1) is 23.5 Å². The Morgan fingerprint density at radius 2 is 2.04 bits per heavy atom. The molecular formula is C20H17ClFN5. The Morgan fingerprint density at radius 3 is 2.85 bits per heavy atom. The Hall–Kier alpha value is -2.83. The van der Waals surface area contributed by atoms with Gasteiger partial charge in [-0.05, 0) is 18.2 Å². The normalized spacial score (nSPS) is 12.7. The van der Waals surface area contributed by atoms with Crippen LogP contribution in [0.4, 0.5) is 4.39 Å². The number of hydrogen-bond donors (Lipinski definition) is 1. The third-order valence-corrected chi connectivity index (χ3v) is 4.68. The minimum absolute atomic E-state index is 0.281. The number of aromatic nitrogens is 3. The minimum atomic E-state index is -0.363. The van der Waals surface area contributed by atoms with Crippen LogP contribution in [0.2, 0.25) is 5.02 Å². The lowest BCUT2D eigenvalue weighted by Crippen LogP contribution is -2.18. The summed E-state index contributed by atoms with van der Waals surface area (Å²) in [6, 6.07) is 12.3. The van der Waals surface area contributed by atoms with Crippen LogP contribution in [0.25, 0.3) is 5.69 Å². The van der Waals surface area contributed by atoms with Crippen LogP contribution >= 0.6 is 11.6 Å². The zero-order valence-corrected chi connectivity index (χ0v) is 15.2. The number of halogens is 2.